The van der Waals surface area contributed by atoms with Gasteiger partial charge in [0.1, 0.15) is 11.6 Å². The molecular weight excluding hydrogens is 598 g/mol. The third kappa shape index (κ3) is 6.43. The van der Waals surface area contributed by atoms with Crippen LogP contribution < -0.4 is 0 Å². The van der Waals surface area contributed by atoms with E-state index in [1.807, 2.05) is 0 Å². The molecule has 0 unspecified atom stereocenters. The molecule has 2 atom stereocenters. The lowest BCUT2D eigenvalue weighted by molar-refractivity contribution is -0.140. The van der Waals surface area contributed by atoms with Crippen LogP contribution in [0.1, 0.15) is 33.0 Å². The van der Waals surface area contributed by atoms with Gasteiger partial charge in [-0.3, -0.25) is 9.69 Å². The fourth-order valence-electron chi connectivity index (χ4n) is 4.83. The molecular formula is C27H23Cl2F5N2O3S. The molecule has 3 aromatic rings. The molecule has 1 amide bonds. The Balaban J connectivity index is 1.66. The number of amides is 1. The third-order valence-corrected chi connectivity index (χ3v) is 8.73. The van der Waals surface area contributed by atoms with Gasteiger partial charge in [0.15, 0.2) is 9.84 Å². The molecule has 40 heavy (non-hydrogen) atoms. The van der Waals surface area contributed by atoms with E-state index in [1.54, 1.807) is 30.1 Å². The number of hydrogen-bond donors (Lipinski definition) is 0. The van der Waals surface area contributed by atoms with E-state index in [9.17, 15) is 35.2 Å². The van der Waals surface area contributed by atoms with Crippen LogP contribution in [0.25, 0.3) is 0 Å². The molecule has 1 fully saturated rings. The van der Waals surface area contributed by atoms with E-state index in [-0.39, 0.29) is 35.1 Å². The summed E-state index contributed by atoms with van der Waals surface area (Å²) in [4.78, 5) is 16.3. The lowest BCUT2D eigenvalue weighted by atomic mass is 9.93. The van der Waals surface area contributed by atoms with Crippen LogP contribution >= 0.6 is 23.2 Å². The zero-order chi connectivity index (χ0) is 29.6. The third-order valence-electron chi connectivity index (χ3n) is 6.88. The molecule has 0 saturated carbocycles. The molecule has 5 nitrogen and oxygen atoms in total. The maximum absolute atomic E-state index is 14.7. The van der Waals surface area contributed by atoms with Crippen molar-refractivity contribution in [2.75, 3.05) is 26.4 Å². The smallest absolute Gasteiger partial charge is 0.336 e. The topological polar surface area (TPSA) is 57.7 Å². The van der Waals surface area contributed by atoms with E-state index >= 15 is 0 Å². The number of halogens is 7. The van der Waals surface area contributed by atoms with Crippen LogP contribution in [0, 0.1) is 11.6 Å². The van der Waals surface area contributed by atoms with Gasteiger partial charge in [0, 0.05) is 37.8 Å². The minimum absolute atomic E-state index is 0.0392. The molecule has 0 radical (unpaired) electrons. The Morgan fingerprint density at radius 1 is 0.975 bits per heavy atom. The number of benzene rings is 3. The van der Waals surface area contributed by atoms with Crippen LogP contribution in [0.15, 0.2) is 59.5 Å². The lowest BCUT2D eigenvalue weighted by Gasteiger charge is -2.29. The molecule has 13 heteroatoms. The number of carbonyl (C=O) groups excluding carboxylic acids is 1. The molecule has 0 N–H and O–H groups in total. The van der Waals surface area contributed by atoms with Gasteiger partial charge in [-0.25, -0.2) is 17.2 Å². The van der Waals surface area contributed by atoms with E-state index in [2.05, 4.69) is 0 Å². The van der Waals surface area contributed by atoms with E-state index < -0.39 is 56.6 Å². The number of sulfone groups is 1. The molecule has 0 bridgehead atoms. The van der Waals surface area contributed by atoms with Gasteiger partial charge in [-0.15, -0.1) is 0 Å². The Morgan fingerprint density at radius 2 is 1.68 bits per heavy atom. The van der Waals surface area contributed by atoms with Crippen molar-refractivity contribution in [3.63, 3.8) is 0 Å². The second-order valence-electron chi connectivity index (χ2n) is 9.70. The summed E-state index contributed by atoms with van der Waals surface area (Å²) in [5.74, 6) is -3.42. The fourth-order valence-corrected chi connectivity index (χ4v) is 5.78. The first kappa shape index (κ1) is 30.2. The predicted octanol–water partition coefficient (Wildman–Crippen LogP) is 6.43. The van der Waals surface area contributed by atoms with Crippen molar-refractivity contribution in [1.29, 1.82) is 0 Å². The summed E-state index contributed by atoms with van der Waals surface area (Å²) in [6, 6.07) is 10.1. The number of carbonyl (C=O) groups is 1. The van der Waals surface area contributed by atoms with Crippen molar-refractivity contribution in [2.24, 2.45) is 0 Å². The highest BCUT2D eigenvalue weighted by molar-refractivity contribution is 7.90. The molecule has 0 aromatic heterocycles. The Labute approximate surface area is 238 Å². The second-order valence-corrected chi connectivity index (χ2v) is 12.5. The number of likely N-dealkylation sites (tertiary alicyclic amines) is 1. The van der Waals surface area contributed by atoms with Crippen molar-refractivity contribution in [1.82, 2.24) is 9.80 Å². The molecule has 214 valence electrons. The van der Waals surface area contributed by atoms with Crippen LogP contribution in [0.2, 0.25) is 10.0 Å². The maximum Gasteiger partial charge on any atom is 0.419 e. The quantitative estimate of drug-likeness (QED) is 0.235. The SMILES string of the molecule is CN(Cc1ccc(C(F)(F)F)c(F)c1)[C@@H]1CN(C(=O)c2cc(S(C)(=O)=O)ccc2F)C[C@@H]1c1ccc(Cl)c(Cl)c1. The van der Waals surface area contributed by atoms with E-state index in [0.29, 0.717) is 16.7 Å². The van der Waals surface area contributed by atoms with Crippen LogP contribution in [0.4, 0.5) is 22.0 Å². The highest BCUT2D eigenvalue weighted by Gasteiger charge is 2.40. The summed E-state index contributed by atoms with van der Waals surface area (Å²) in [5.41, 5.74) is -0.810. The van der Waals surface area contributed by atoms with Crippen LogP contribution in [-0.4, -0.2) is 56.6 Å². The van der Waals surface area contributed by atoms with Crippen molar-refractivity contribution in [3.05, 3.63) is 98.5 Å². The van der Waals surface area contributed by atoms with Crippen LogP contribution in [0.3, 0.4) is 0 Å². The Bertz CT molecular complexity index is 1570. The second kappa shape index (κ2) is 11.3. The van der Waals surface area contributed by atoms with E-state index in [4.69, 9.17) is 23.2 Å². The summed E-state index contributed by atoms with van der Waals surface area (Å²) in [6.07, 6.45) is -3.89. The van der Waals surface area contributed by atoms with Crippen molar-refractivity contribution in [2.45, 2.75) is 29.6 Å². The van der Waals surface area contributed by atoms with Crippen molar-refractivity contribution < 1.29 is 35.2 Å². The number of nitrogens with zero attached hydrogens (tertiary/aromatic N) is 2. The molecule has 1 aliphatic heterocycles. The lowest BCUT2D eigenvalue weighted by Crippen LogP contribution is -2.38. The van der Waals surface area contributed by atoms with Crippen LogP contribution in [0.5, 0.6) is 0 Å². The summed E-state index contributed by atoms with van der Waals surface area (Å²) < 4.78 is 91.9. The molecule has 3 aromatic carbocycles. The number of rotatable bonds is 6. The molecule has 1 aliphatic rings. The zero-order valence-electron chi connectivity index (χ0n) is 21.1. The molecule has 0 spiro atoms. The van der Waals surface area contributed by atoms with Gasteiger partial charge in [-0.2, -0.15) is 13.2 Å². The molecule has 0 aliphatic carbocycles. The highest BCUT2D eigenvalue weighted by Crippen LogP contribution is 2.36. The van der Waals surface area contributed by atoms with Gasteiger partial charge in [0.2, 0.25) is 0 Å². The van der Waals surface area contributed by atoms with Gasteiger partial charge in [0.25, 0.3) is 5.91 Å². The summed E-state index contributed by atoms with van der Waals surface area (Å²) in [5, 5.41) is 0.572. The molecule has 1 heterocycles. The van der Waals surface area contributed by atoms with Crippen molar-refractivity contribution in [3.8, 4) is 0 Å². The molecule has 1 saturated heterocycles. The summed E-state index contributed by atoms with van der Waals surface area (Å²) in [7, 11) is -2.04. The summed E-state index contributed by atoms with van der Waals surface area (Å²) >= 11 is 12.3. The first-order valence-corrected chi connectivity index (χ1v) is 14.5. The highest BCUT2D eigenvalue weighted by atomic mass is 35.5. The van der Waals surface area contributed by atoms with E-state index in [1.165, 1.54) is 11.0 Å². The first-order chi connectivity index (χ1) is 18.6. The van der Waals surface area contributed by atoms with Crippen molar-refractivity contribution >= 4 is 38.9 Å². The average Bonchev–Trinajstić information content (AvgIpc) is 3.30. The minimum Gasteiger partial charge on any atom is -0.336 e. The Kier molecular flexibility index (Phi) is 8.52. The molecule has 4 rings (SSSR count). The summed E-state index contributed by atoms with van der Waals surface area (Å²) in [6.45, 7) is 0.194. The van der Waals surface area contributed by atoms with Gasteiger partial charge < -0.3 is 4.90 Å². The number of likely N-dealkylation sites (N-methyl/N-ethyl adjacent to an activating group) is 1. The number of hydrogen-bond acceptors (Lipinski definition) is 4. The van der Waals surface area contributed by atoms with Gasteiger partial charge in [-0.05, 0) is 60.6 Å². The predicted molar refractivity (Wildman–Crippen MR) is 141 cm³/mol. The largest absolute Gasteiger partial charge is 0.419 e. The van der Waals surface area contributed by atoms with Gasteiger partial charge >= 0.3 is 6.18 Å². The Morgan fingerprint density at radius 3 is 2.27 bits per heavy atom. The average molecular weight is 621 g/mol. The normalized spacial score (nSPS) is 18.0. The standard InChI is InChI=1S/C27H23Cl2F5N2O3S/c1-35(12-15-3-6-20(24(31)9-15)27(32,33)34)25-14-36(13-19(25)16-4-7-21(28)22(29)10-16)26(37)18-11-17(40(2,38)39)5-8-23(18)30/h3-11,19,25H,12-14H2,1-2H3/t19-,25-/m1/s1. The van der Waals surface area contributed by atoms with E-state index in [0.717, 1.165) is 30.5 Å². The van der Waals surface area contributed by atoms with Crippen LogP contribution in [-0.2, 0) is 22.6 Å². The zero-order valence-corrected chi connectivity index (χ0v) is 23.5. The van der Waals surface area contributed by atoms with Gasteiger partial charge in [0.05, 0.1) is 26.1 Å². The number of alkyl halides is 3. The van der Waals surface area contributed by atoms with Gasteiger partial charge in [-0.1, -0.05) is 35.3 Å². The maximum atomic E-state index is 14.7. The monoisotopic (exact) mass is 620 g/mol. The Hall–Kier alpha value is -2.73. The fraction of sp³-hybridized carbons (Fsp3) is 0.296. The first-order valence-electron chi connectivity index (χ1n) is 11.9. The minimum atomic E-state index is -4.83.